The summed E-state index contributed by atoms with van der Waals surface area (Å²) in [5.74, 6) is -1.81. The lowest BCUT2D eigenvalue weighted by Gasteiger charge is -2.24. The molecule has 2 fully saturated rings. The predicted molar refractivity (Wildman–Crippen MR) is 111 cm³/mol. The molecule has 29 heavy (non-hydrogen) atoms. The van der Waals surface area contributed by atoms with E-state index in [1.54, 1.807) is 6.07 Å². The third-order valence-corrected chi connectivity index (χ3v) is 6.19. The van der Waals surface area contributed by atoms with Crippen molar-refractivity contribution < 1.29 is 14.3 Å². The van der Waals surface area contributed by atoms with Gasteiger partial charge in [-0.2, -0.15) is 0 Å². The minimum Gasteiger partial charge on any atom is -0.477 e. The van der Waals surface area contributed by atoms with Gasteiger partial charge >= 0.3 is 5.97 Å². The van der Waals surface area contributed by atoms with Crippen LogP contribution in [-0.2, 0) is 0 Å². The van der Waals surface area contributed by atoms with E-state index in [1.807, 2.05) is 9.47 Å². The Bertz CT molecular complexity index is 1080. The molecule has 0 spiro atoms. The molecular formula is C21H23ClFN3O3. The Balaban J connectivity index is 1.80. The van der Waals surface area contributed by atoms with Crippen molar-refractivity contribution >= 4 is 34.2 Å². The highest BCUT2D eigenvalue weighted by Gasteiger charge is 2.28. The average molecular weight is 420 g/mol. The van der Waals surface area contributed by atoms with E-state index < -0.39 is 17.2 Å². The van der Waals surface area contributed by atoms with E-state index in [-0.39, 0.29) is 17.0 Å². The van der Waals surface area contributed by atoms with Gasteiger partial charge in [0.05, 0.1) is 11.2 Å². The van der Waals surface area contributed by atoms with Crippen LogP contribution in [-0.4, -0.2) is 35.3 Å². The van der Waals surface area contributed by atoms with Gasteiger partial charge in [-0.05, 0) is 44.2 Å². The van der Waals surface area contributed by atoms with E-state index in [9.17, 15) is 14.7 Å². The maximum absolute atomic E-state index is 15.0. The van der Waals surface area contributed by atoms with Crippen LogP contribution in [0.15, 0.2) is 33.7 Å². The molecule has 0 atom stereocenters. The Hall–Kier alpha value is -2.38. The number of anilines is 1. The predicted octanol–water partition coefficient (Wildman–Crippen LogP) is 3.62. The first kappa shape index (κ1) is 19.9. The van der Waals surface area contributed by atoms with Crippen molar-refractivity contribution in [3.8, 4) is 0 Å². The SMILES string of the molecule is NCC(Cl)=C1CCCN(c2cc3c(cc2F)c(=O)c(C(=O)O)cn3C2CC2)CC1. The second-order valence-electron chi connectivity index (χ2n) is 7.69. The molecule has 2 aromatic rings. The lowest BCUT2D eigenvalue weighted by Crippen LogP contribution is -2.26. The lowest BCUT2D eigenvalue weighted by molar-refractivity contribution is 0.0695. The van der Waals surface area contributed by atoms with Crippen LogP contribution in [0.4, 0.5) is 10.1 Å². The molecule has 8 heteroatoms. The standard InChI is InChI=1S/C21H23ClFN3O3/c22-16(10-24)12-2-1-6-25(7-5-12)19-9-18-14(8-17(19)23)20(27)15(21(28)29)11-26(18)13-3-4-13/h8-9,11,13H,1-7,10,24H2,(H,28,29). The molecule has 1 aromatic carbocycles. The van der Waals surface area contributed by atoms with E-state index >= 15 is 4.39 Å². The summed E-state index contributed by atoms with van der Waals surface area (Å²) < 4.78 is 16.8. The molecule has 1 saturated carbocycles. The fraction of sp³-hybridized carbons (Fsp3) is 0.429. The van der Waals surface area contributed by atoms with Crippen LogP contribution in [0, 0.1) is 5.82 Å². The van der Waals surface area contributed by atoms with Crippen molar-refractivity contribution in [3.05, 3.63) is 50.5 Å². The molecule has 1 aliphatic carbocycles. The Kier molecular flexibility index (Phi) is 5.36. The molecule has 2 aliphatic rings. The van der Waals surface area contributed by atoms with Crippen molar-refractivity contribution in [2.75, 3.05) is 24.5 Å². The van der Waals surface area contributed by atoms with Gasteiger partial charge in [0.25, 0.3) is 0 Å². The topological polar surface area (TPSA) is 88.6 Å². The highest BCUT2D eigenvalue weighted by Crippen LogP contribution is 2.38. The van der Waals surface area contributed by atoms with E-state index in [0.717, 1.165) is 31.3 Å². The maximum Gasteiger partial charge on any atom is 0.341 e. The summed E-state index contributed by atoms with van der Waals surface area (Å²) in [4.78, 5) is 26.0. The van der Waals surface area contributed by atoms with Crippen LogP contribution in [0.1, 0.15) is 48.5 Å². The number of nitrogens with zero attached hydrogens (tertiary/aromatic N) is 2. The van der Waals surface area contributed by atoms with Gasteiger partial charge in [0.1, 0.15) is 11.4 Å². The molecular weight excluding hydrogens is 397 g/mol. The van der Waals surface area contributed by atoms with Crippen LogP contribution in [0.3, 0.4) is 0 Å². The summed E-state index contributed by atoms with van der Waals surface area (Å²) in [6.07, 6.45) is 5.60. The molecule has 1 saturated heterocycles. The third kappa shape index (κ3) is 3.76. The van der Waals surface area contributed by atoms with Crippen LogP contribution in [0.2, 0.25) is 0 Å². The number of hydrogen-bond acceptors (Lipinski definition) is 4. The fourth-order valence-corrected chi connectivity index (χ4v) is 4.24. The first-order valence-electron chi connectivity index (χ1n) is 9.83. The quantitative estimate of drug-likeness (QED) is 0.790. The summed E-state index contributed by atoms with van der Waals surface area (Å²) in [5.41, 5.74) is 6.80. The third-order valence-electron chi connectivity index (χ3n) is 5.77. The molecule has 2 heterocycles. The Morgan fingerprint density at radius 3 is 2.69 bits per heavy atom. The Labute approximate surface area is 172 Å². The number of aromatic nitrogens is 1. The monoisotopic (exact) mass is 419 g/mol. The summed E-state index contributed by atoms with van der Waals surface area (Å²) in [7, 11) is 0. The summed E-state index contributed by atoms with van der Waals surface area (Å²) in [6, 6.07) is 3.03. The molecule has 1 aromatic heterocycles. The number of halogens is 2. The van der Waals surface area contributed by atoms with Crippen molar-refractivity contribution in [3.63, 3.8) is 0 Å². The molecule has 0 unspecified atom stereocenters. The number of benzene rings is 1. The summed E-state index contributed by atoms with van der Waals surface area (Å²) in [6.45, 7) is 1.58. The zero-order chi connectivity index (χ0) is 20.7. The molecule has 1 aliphatic heterocycles. The van der Waals surface area contributed by atoms with Gasteiger partial charge in [0.15, 0.2) is 0 Å². The number of rotatable bonds is 4. The van der Waals surface area contributed by atoms with Gasteiger partial charge in [-0.1, -0.05) is 17.2 Å². The number of carboxylic acid groups (broad SMARTS) is 1. The highest BCUT2D eigenvalue weighted by atomic mass is 35.5. The first-order valence-corrected chi connectivity index (χ1v) is 10.2. The zero-order valence-corrected chi connectivity index (χ0v) is 16.7. The molecule has 6 nitrogen and oxygen atoms in total. The number of pyridine rings is 1. The lowest BCUT2D eigenvalue weighted by atomic mass is 10.1. The van der Waals surface area contributed by atoms with E-state index in [2.05, 4.69) is 0 Å². The molecule has 0 bridgehead atoms. The number of aromatic carboxylic acids is 1. The van der Waals surface area contributed by atoms with Crippen molar-refractivity contribution in [1.29, 1.82) is 0 Å². The largest absolute Gasteiger partial charge is 0.477 e. The van der Waals surface area contributed by atoms with Gasteiger partial charge in [-0.25, -0.2) is 9.18 Å². The van der Waals surface area contributed by atoms with Crippen LogP contribution in [0.5, 0.6) is 0 Å². The molecule has 154 valence electrons. The molecule has 0 amide bonds. The minimum absolute atomic E-state index is 0.111. The van der Waals surface area contributed by atoms with Gasteiger partial charge in [-0.15, -0.1) is 0 Å². The van der Waals surface area contributed by atoms with Crippen LogP contribution in [0.25, 0.3) is 10.9 Å². The van der Waals surface area contributed by atoms with Crippen LogP contribution >= 0.6 is 11.6 Å². The molecule has 3 N–H and O–H groups in total. The normalized spacial score (nSPS) is 19.3. The molecule has 0 radical (unpaired) electrons. The average Bonchev–Trinajstić information content (AvgIpc) is 3.54. The summed E-state index contributed by atoms with van der Waals surface area (Å²) >= 11 is 6.22. The number of nitrogens with two attached hydrogens (primary N) is 1. The Morgan fingerprint density at radius 1 is 1.28 bits per heavy atom. The Morgan fingerprint density at radius 2 is 2.03 bits per heavy atom. The smallest absolute Gasteiger partial charge is 0.341 e. The first-order chi connectivity index (χ1) is 13.9. The number of hydrogen-bond donors (Lipinski definition) is 2. The maximum atomic E-state index is 15.0. The zero-order valence-electron chi connectivity index (χ0n) is 16.0. The number of carbonyl (C=O) groups is 1. The number of carboxylic acids is 1. The second kappa shape index (κ2) is 7.80. The molecule has 4 rings (SSSR count). The minimum atomic E-state index is -1.29. The van der Waals surface area contributed by atoms with E-state index in [0.29, 0.717) is 42.3 Å². The van der Waals surface area contributed by atoms with Crippen molar-refractivity contribution in [1.82, 2.24) is 4.57 Å². The second-order valence-corrected chi connectivity index (χ2v) is 8.15. The van der Waals surface area contributed by atoms with Gasteiger partial charge in [0.2, 0.25) is 5.43 Å². The van der Waals surface area contributed by atoms with E-state index in [1.165, 1.54) is 12.3 Å². The van der Waals surface area contributed by atoms with Gasteiger partial charge in [0, 0.05) is 42.3 Å². The fourth-order valence-electron chi connectivity index (χ4n) is 4.05. The number of fused-ring (bicyclic) bond motifs is 1. The highest BCUT2D eigenvalue weighted by molar-refractivity contribution is 6.30. The van der Waals surface area contributed by atoms with E-state index in [4.69, 9.17) is 17.3 Å². The summed E-state index contributed by atoms with van der Waals surface area (Å²) in [5, 5.41) is 10.1. The van der Waals surface area contributed by atoms with Gasteiger partial charge in [-0.3, -0.25) is 4.79 Å². The van der Waals surface area contributed by atoms with Gasteiger partial charge < -0.3 is 20.3 Å². The van der Waals surface area contributed by atoms with Crippen molar-refractivity contribution in [2.24, 2.45) is 5.73 Å². The van der Waals surface area contributed by atoms with Crippen LogP contribution < -0.4 is 16.1 Å². The van der Waals surface area contributed by atoms with Crippen molar-refractivity contribution in [2.45, 2.75) is 38.1 Å².